The van der Waals surface area contributed by atoms with Crippen LogP contribution in [0.25, 0.3) is 0 Å². The van der Waals surface area contributed by atoms with Crippen molar-refractivity contribution in [1.82, 2.24) is 4.31 Å². The van der Waals surface area contributed by atoms with E-state index in [9.17, 15) is 8.42 Å². The predicted molar refractivity (Wildman–Crippen MR) is 103 cm³/mol. The number of thiophene rings is 1. The van der Waals surface area contributed by atoms with Gasteiger partial charge >= 0.3 is 0 Å². The lowest BCUT2D eigenvalue weighted by Gasteiger charge is -2.26. The van der Waals surface area contributed by atoms with Crippen LogP contribution in [0.5, 0.6) is 0 Å². The average Bonchev–Trinajstić information content (AvgIpc) is 3.22. The summed E-state index contributed by atoms with van der Waals surface area (Å²) < 4.78 is 33.5. The second kappa shape index (κ2) is 7.00. The molecule has 2 aromatic rings. The number of fused-ring (bicyclic) bond motifs is 1. The molecule has 0 atom stereocenters. The molecule has 2 aliphatic rings. The number of benzene rings is 1. The molecule has 0 radical (unpaired) electrons. The lowest BCUT2D eigenvalue weighted by atomic mass is 10.2. The van der Waals surface area contributed by atoms with Gasteiger partial charge in [-0.15, -0.1) is 11.3 Å². The quantitative estimate of drug-likeness (QED) is 0.729. The van der Waals surface area contributed by atoms with E-state index < -0.39 is 10.0 Å². The molecule has 0 spiro atoms. The fourth-order valence-corrected chi connectivity index (χ4v) is 6.29. The van der Waals surface area contributed by atoms with Crippen molar-refractivity contribution in [2.45, 2.75) is 17.9 Å². The number of hydrogen-bond donors (Lipinski definition) is 0. The molecular weight excluding hydrogens is 424 g/mol. The van der Waals surface area contributed by atoms with Crippen molar-refractivity contribution in [1.29, 1.82) is 0 Å². The van der Waals surface area contributed by atoms with Crippen molar-refractivity contribution < 1.29 is 13.2 Å². The summed E-state index contributed by atoms with van der Waals surface area (Å²) in [5, 5.41) is 0. The van der Waals surface area contributed by atoms with E-state index in [4.69, 9.17) is 4.74 Å². The first-order chi connectivity index (χ1) is 12.0. The van der Waals surface area contributed by atoms with Crippen LogP contribution in [0.4, 0.5) is 5.69 Å². The van der Waals surface area contributed by atoms with Gasteiger partial charge in [-0.25, -0.2) is 8.42 Å². The van der Waals surface area contributed by atoms with Gasteiger partial charge in [0, 0.05) is 30.2 Å². The summed E-state index contributed by atoms with van der Waals surface area (Å²) in [7, 11) is -3.43. The van der Waals surface area contributed by atoms with E-state index in [1.54, 1.807) is 17.4 Å². The normalized spacial score (nSPS) is 18.5. The summed E-state index contributed by atoms with van der Waals surface area (Å²) >= 11 is 5.24. The molecular formula is C17H19BrN2O3S2. The third-order valence-electron chi connectivity index (χ3n) is 4.63. The number of halogens is 1. The molecule has 134 valence electrons. The minimum Gasteiger partial charge on any atom is -0.379 e. The number of rotatable bonds is 4. The number of sulfonamides is 1. The third kappa shape index (κ3) is 3.50. The summed E-state index contributed by atoms with van der Waals surface area (Å²) in [6.07, 6.45) is 0.883. The van der Waals surface area contributed by atoms with E-state index in [1.807, 2.05) is 12.1 Å². The highest BCUT2D eigenvalue weighted by Gasteiger charge is 2.28. The lowest BCUT2D eigenvalue weighted by Crippen LogP contribution is -2.40. The first-order valence-electron chi connectivity index (χ1n) is 8.24. The van der Waals surface area contributed by atoms with Gasteiger partial charge in [0.05, 0.1) is 28.4 Å². The average molecular weight is 443 g/mol. The van der Waals surface area contributed by atoms with Crippen molar-refractivity contribution in [2.75, 3.05) is 37.7 Å². The van der Waals surface area contributed by atoms with Crippen LogP contribution in [0.3, 0.4) is 0 Å². The zero-order chi connectivity index (χ0) is 17.4. The standard InChI is InChI=1S/C17H19BrN2O3S2/c18-17-4-1-14(24-17)12-19-6-5-13-11-15(2-3-16(13)19)25(21,22)20-7-9-23-10-8-20/h1-4,11H,5-10,12H2. The van der Waals surface area contributed by atoms with Gasteiger partial charge in [-0.2, -0.15) is 4.31 Å². The van der Waals surface area contributed by atoms with Crippen LogP contribution < -0.4 is 4.90 Å². The smallest absolute Gasteiger partial charge is 0.243 e. The number of morpholine rings is 1. The second-order valence-electron chi connectivity index (χ2n) is 6.18. The van der Waals surface area contributed by atoms with Gasteiger partial charge < -0.3 is 9.64 Å². The van der Waals surface area contributed by atoms with Gasteiger partial charge in [0.1, 0.15) is 0 Å². The van der Waals surface area contributed by atoms with Crippen molar-refractivity contribution >= 4 is 43.0 Å². The van der Waals surface area contributed by atoms with Crippen LogP contribution in [0.15, 0.2) is 39.0 Å². The Balaban J connectivity index is 1.56. The van der Waals surface area contributed by atoms with Crippen LogP contribution >= 0.6 is 27.3 Å². The van der Waals surface area contributed by atoms with Crippen LogP contribution in [-0.4, -0.2) is 45.6 Å². The van der Waals surface area contributed by atoms with Crippen LogP contribution in [0.1, 0.15) is 10.4 Å². The molecule has 1 fully saturated rings. The Kier molecular flexibility index (Phi) is 4.89. The topological polar surface area (TPSA) is 49.9 Å². The first-order valence-corrected chi connectivity index (χ1v) is 11.3. The zero-order valence-electron chi connectivity index (χ0n) is 13.7. The Bertz CT molecular complexity index is 876. The molecule has 5 nitrogen and oxygen atoms in total. The van der Waals surface area contributed by atoms with E-state index in [0.717, 1.165) is 34.5 Å². The highest BCUT2D eigenvalue weighted by Crippen LogP contribution is 2.33. The molecule has 3 heterocycles. The molecule has 25 heavy (non-hydrogen) atoms. The molecule has 0 bridgehead atoms. The Hall–Kier alpha value is -0.930. The molecule has 0 saturated carbocycles. The third-order valence-corrected chi connectivity index (χ3v) is 8.13. The maximum atomic E-state index is 12.8. The Morgan fingerprint density at radius 2 is 1.92 bits per heavy atom. The van der Waals surface area contributed by atoms with E-state index in [0.29, 0.717) is 31.2 Å². The van der Waals surface area contributed by atoms with Gasteiger partial charge in [-0.3, -0.25) is 0 Å². The largest absolute Gasteiger partial charge is 0.379 e. The van der Waals surface area contributed by atoms with E-state index in [1.165, 1.54) is 9.18 Å². The van der Waals surface area contributed by atoms with Gasteiger partial charge in [-0.1, -0.05) is 0 Å². The van der Waals surface area contributed by atoms with Crippen molar-refractivity contribution in [3.8, 4) is 0 Å². The highest BCUT2D eigenvalue weighted by atomic mass is 79.9. The predicted octanol–water partition coefficient (Wildman–Crippen LogP) is 3.09. The maximum absolute atomic E-state index is 12.8. The van der Waals surface area contributed by atoms with Crippen molar-refractivity contribution in [3.63, 3.8) is 0 Å². The van der Waals surface area contributed by atoms with Gasteiger partial charge in [-0.05, 0) is 58.2 Å². The molecule has 2 aliphatic heterocycles. The zero-order valence-corrected chi connectivity index (χ0v) is 16.9. The van der Waals surface area contributed by atoms with Crippen molar-refractivity contribution in [2.24, 2.45) is 0 Å². The fraction of sp³-hybridized carbons (Fsp3) is 0.412. The van der Waals surface area contributed by atoms with Crippen LogP contribution in [0, 0.1) is 0 Å². The van der Waals surface area contributed by atoms with Crippen LogP contribution in [0.2, 0.25) is 0 Å². The van der Waals surface area contributed by atoms with Crippen LogP contribution in [-0.2, 0) is 27.7 Å². The highest BCUT2D eigenvalue weighted by molar-refractivity contribution is 9.11. The molecule has 0 N–H and O–H groups in total. The Labute approximate surface area is 160 Å². The second-order valence-corrected chi connectivity index (χ2v) is 10.7. The summed E-state index contributed by atoms with van der Waals surface area (Å²) in [6, 6.07) is 9.74. The van der Waals surface area contributed by atoms with Gasteiger partial charge in [0.2, 0.25) is 10.0 Å². The molecule has 4 rings (SSSR count). The molecule has 8 heteroatoms. The molecule has 0 aliphatic carbocycles. The minimum absolute atomic E-state index is 0.397. The number of nitrogens with zero attached hydrogens (tertiary/aromatic N) is 2. The monoisotopic (exact) mass is 442 g/mol. The molecule has 0 unspecified atom stereocenters. The number of ether oxygens (including phenoxy) is 1. The van der Waals surface area contributed by atoms with E-state index in [-0.39, 0.29) is 0 Å². The van der Waals surface area contributed by atoms with E-state index in [2.05, 4.69) is 33.0 Å². The van der Waals surface area contributed by atoms with Crippen molar-refractivity contribution in [3.05, 3.63) is 44.6 Å². The summed E-state index contributed by atoms with van der Waals surface area (Å²) in [5.74, 6) is 0. The molecule has 1 saturated heterocycles. The minimum atomic E-state index is -3.43. The fourth-order valence-electron chi connectivity index (χ4n) is 3.33. The van der Waals surface area contributed by atoms with Gasteiger partial charge in [0.25, 0.3) is 0 Å². The lowest BCUT2D eigenvalue weighted by molar-refractivity contribution is 0.0730. The Morgan fingerprint density at radius 3 is 2.64 bits per heavy atom. The maximum Gasteiger partial charge on any atom is 0.243 e. The molecule has 0 amide bonds. The Morgan fingerprint density at radius 1 is 1.12 bits per heavy atom. The van der Waals surface area contributed by atoms with E-state index >= 15 is 0 Å². The molecule has 1 aromatic heterocycles. The molecule has 1 aromatic carbocycles. The van der Waals surface area contributed by atoms with Gasteiger partial charge in [0.15, 0.2) is 0 Å². The summed E-state index contributed by atoms with van der Waals surface area (Å²) in [4.78, 5) is 4.01. The summed E-state index contributed by atoms with van der Waals surface area (Å²) in [5.41, 5.74) is 2.26. The number of anilines is 1. The summed E-state index contributed by atoms with van der Waals surface area (Å²) in [6.45, 7) is 3.57. The SMILES string of the molecule is O=S(=O)(c1ccc2c(c1)CCN2Cc1ccc(Br)s1)N1CCOCC1. The first kappa shape index (κ1) is 17.5. The number of hydrogen-bond acceptors (Lipinski definition) is 5.